The fraction of sp³-hybridized carbons (Fsp3) is 0.519. The van der Waals surface area contributed by atoms with Gasteiger partial charge in [-0.2, -0.15) is 5.26 Å². The maximum atomic E-state index is 13.4. The van der Waals surface area contributed by atoms with Crippen molar-refractivity contribution in [1.82, 2.24) is 4.90 Å². The van der Waals surface area contributed by atoms with Gasteiger partial charge in [-0.3, -0.25) is 9.59 Å². The van der Waals surface area contributed by atoms with Gasteiger partial charge >= 0.3 is 5.97 Å². The summed E-state index contributed by atoms with van der Waals surface area (Å²) in [5.41, 5.74) is 1.11. The van der Waals surface area contributed by atoms with Crippen molar-refractivity contribution < 1.29 is 19.4 Å². The normalized spacial score (nSPS) is 29.0. The lowest BCUT2D eigenvalue weighted by Gasteiger charge is -2.37. The van der Waals surface area contributed by atoms with E-state index >= 15 is 0 Å². The van der Waals surface area contributed by atoms with Crippen LogP contribution in [-0.2, 0) is 4.79 Å². The number of rotatable bonds is 4. The van der Waals surface area contributed by atoms with Crippen LogP contribution in [-0.4, -0.2) is 40.1 Å². The first-order chi connectivity index (χ1) is 15.9. The summed E-state index contributed by atoms with van der Waals surface area (Å²) in [7, 11) is 0. The average Bonchev–Trinajstić information content (AvgIpc) is 3.08. The Morgan fingerprint density at radius 3 is 2.36 bits per heavy atom. The molecular weight excluding hydrogens is 416 g/mol. The number of carbonyl (C=O) groups is 2. The van der Waals surface area contributed by atoms with Crippen molar-refractivity contribution in [3.8, 4) is 11.8 Å². The summed E-state index contributed by atoms with van der Waals surface area (Å²) in [5, 5.41) is 20.9. The third kappa shape index (κ3) is 4.06. The van der Waals surface area contributed by atoms with Crippen molar-refractivity contribution in [1.29, 1.82) is 5.26 Å². The van der Waals surface area contributed by atoms with Crippen molar-refractivity contribution >= 4 is 22.6 Å². The second kappa shape index (κ2) is 8.70. The summed E-state index contributed by atoms with van der Waals surface area (Å²) in [6.07, 6.45) is 7.27. The number of fused-ring (bicyclic) bond motifs is 3. The number of carboxylic acid groups (broad SMARTS) is 1. The first-order valence-corrected chi connectivity index (χ1v) is 12.1. The molecule has 0 spiro atoms. The van der Waals surface area contributed by atoms with Gasteiger partial charge < -0.3 is 14.7 Å². The number of carboxylic acids is 1. The van der Waals surface area contributed by atoms with E-state index in [-0.39, 0.29) is 30.0 Å². The summed E-state index contributed by atoms with van der Waals surface area (Å²) in [6, 6.07) is 11.6. The quantitative estimate of drug-likeness (QED) is 0.702. The Morgan fingerprint density at radius 2 is 1.73 bits per heavy atom. The largest absolute Gasteiger partial charge is 0.489 e. The summed E-state index contributed by atoms with van der Waals surface area (Å²) in [5.74, 6) is 0.209. The van der Waals surface area contributed by atoms with Crippen LogP contribution in [0.15, 0.2) is 30.3 Å². The van der Waals surface area contributed by atoms with Crippen LogP contribution in [0.25, 0.3) is 10.8 Å². The monoisotopic (exact) mass is 446 g/mol. The Morgan fingerprint density at radius 1 is 1.03 bits per heavy atom. The van der Waals surface area contributed by atoms with Gasteiger partial charge in [0.1, 0.15) is 17.4 Å². The molecule has 6 nitrogen and oxygen atoms in total. The third-order valence-corrected chi connectivity index (χ3v) is 7.91. The maximum absolute atomic E-state index is 13.4. The molecule has 2 atom stereocenters. The molecule has 2 aliphatic heterocycles. The Balaban J connectivity index is 1.38. The molecule has 33 heavy (non-hydrogen) atoms. The minimum atomic E-state index is -0.755. The van der Waals surface area contributed by atoms with Crippen LogP contribution < -0.4 is 4.74 Å². The highest BCUT2D eigenvalue weighted by Gasteiger charge is 2.45. The van der Waals surface area contributed by atoms with E-state index in [1.54, 1.807) is 6.07 Å². The van der Waals surface area contributed by atoms with Gasteiger partial charge in [-0.25, -0.2) is 0 Å². The maximum Gasteiger partial charge on any atom is 0.306 e. The molecule has 0 aromatic heterocycles. The number of nitriles is 1. The second-order valence-electron chi connectivity index (χ2n) is 10.1. The molecule has 3 aliphatic rings. The molecule has 2 heterocycles. The van der Waals surface area contributed by atoms with Gasteiger partial charge in [0.25, 0.3) is 5.91 Å². The number of benzene rings is 2. The highest BCUT2D eigenvalue weighted by atomic mass is 16.5. The Hall–Kier alpha value is -3.07. The van der Waals surface area contributed by atoms with Crippen LogP contribution in [0.3, 0.4) is 0 Å². The average molecular weight is 447 g/mol. The molecule has 0 radical (unpaired) electrons. The number of ether oxygens (including phenoxy) is 1. The topological polar surface area (TPSA) is 90.6 Å². The molecule has 2 saturated heterocycles. The number of amides is 1. The fourth-order valence-corrected chi connectivity index (χ4v) is 6.04. The lowest BCUT2D eigenvalue weighted by atomic mass is 9.89. The first-order valence-electron chi connectivity index (χ1n) is 12.1. The summed E-state index contributed by atoms with van der Waals surface area (Å²) in [6.45, 7) is 2.27. The van der Waals surface area contributed by atoms with Crippen molar-refractivity contribution in [3.05, 3.63) is 41.5 Å². The lowest BCUT2D eigenvalue weighted by molar-refractivity contribution is -0.144. The molecule has 3 fully saturated rings. The molecular formula is C27H30N2O4. The summed E-state index contributed by atoms with van der Waals surface area (Å²) < 4.78 is 6.23. The van der Waals surface area contributed by atoms with Gasteiger partial charge in [0.2, 0.25) is 0 Å². The minimum absolute atomic E-state index is 0.00305. The van der Waals surface area contributed by atoms with Crippen LogP contribution in [0.2, 0.25) is 0 Å². The van der Waals surface area contributed by atoms with E-state index < -0.39 is 5.97 Å². The predicted molar refractivity (Wildman–Crippen MR) is 124 cm³/mol. The van der Waals surface area contributed by atoms with Crippen molar-refractivity contribution in [2.75, 3.05) is 0 Å². The molecule has 2 unspecified atom stereocenters. The van der Waals surface area contributed by atoms with E-state index in [2.05, 4.69) is 13.0 Å². The zero-order valence-corrected chi connectivity index (χ0v) is 19.0. The Labute approximate surface area is 194 Å². The third-order valence-electron chi connectivity index (χ3n) is 7.91. The van der Waals surface area contributed by atoms with Gasteiger partial charge in [-0.15, -0.1) is 0 Å². The van der Waals surface area contributed by atoms with Crippen molar-refractivity contribution in [3.63, 3.8) is 0 Å². The molecule has 2 bridgehead atoms. The molecule has 1 aliphatic carbocycles. The number of piperidine rings is 1. The summed E-state index contributed by atoms with van der Waals surface area (Å²) >= 11 is 0. The van der Waals surface area contributed by atoms with E-state index in [4.69, 9.17) is 4.74 Å². The first kappa shape index (κ1) is 21.8. The molecule has 172 valence electrons. The molecule has 2 aromatic rings. The molecule has 6 heteroatoms. The van der Waals surface area contributed by atoms with E-state index in [1.165, 1.54) is 0 Å². The van der Waals surface area contributed by atoms with Gasteiger partial charge in [-0.05, 0) is 80.9 Å². The Kier molecular flexibility index (Phi) is 5.74. The number of aliphatic carboxylic acids is 1. The smallest absolute Gasteiger partial charge is 0.306 e. The highest BCUT2D eigenvalue weighted by molar-refractivity contribution is 6.00. The van der Waals surface area contributed by atoms with Crippen molar-refractivity contribution in [2.45, 2.75) is 76.5 Å². The van der Waals surface area contributed by atoms with E-state index in [9.17, 15) is 20.0 Å². The van der Waals surface area contributed by atoms with E-state index in [0.717, 1.165) is 55.2 Å². The SMILES string of the molecule is CC1CCC(Oc2ccc3cc(C(=O)N4C5CCC4CC(C(=O)O)C5)ccc3c2C#N)CC1. The fourth-order valence-electron chi connectivity index (χ4n) is 6.04. The standard InChI is InChI=1S/C27H30N2O4/c1-16-2-8-22(9-3-16)33-25-11-5-17-12-18(4-10-23(17)24(25)15-28)26(30)29-20-6-7-21(29)14-19(13-20)27(31)32/h4-5,10-12,16,19-22H,2-3,6-9,13-14H2,1H3,(H,31,32). The van der Waals surface area contributed by atoms with Gasteiger partial charge in [0.15, 0.2) is 0 Å². The zero-order valence-electron chi connectivity index (χ0n) is 19.0. The molecule has 2 aromatic carbocycles. The number of hydrogen-bond acceptors (Lipinski definition) is 4. The second-order valence-corrected chi connectivity index (χ2v) is 10.1. The van der Waals surface area contributed by atoms with Gasteiger partial charge in [0.05, 0.1) is 12.0 Å². The van der Waals surface area contributed by atoms with E-state index in [1.807, 2.05) is 29.2 Å². The van der Waals surface area contributed by atoms with Gasteiger partial charge in [0, 0.05) is 23.0 Å². The molecule has 1 N–H and O–H groups in total. The van der Waals surface area contributed by atoms with Crippen LogP contribution in [0.4, 0.5) is 0 Å². The zero-order chi connectivity index (χ0) is 23.1. The number of nitrogens with zero attached hydrogens (tertiary/aromatic N) is 2. The number of hydrogen-bond donors (Lipinski definition) is 1. The lowest BCUT2D eigenvalue weighted by Crippen LogP contribution is -2.47. The predicted octanol–water partition coefficient (Wildman–Crippen LogP) is 5.14. The minimum Gasteiger partial charge on any atom is -0.489 e. The van der Waals surface area contributed by atoms with E-state index in [0.29, 0.717) is 29.7 Å². The van der Waals surface area contributed by atoms with Crippen LogP contribution >= 0.6 is 0 Å². The van der Waals surface area contributed by atoms with Crippen LogP contribution in [0.5, 0.6) is 5.75 Å². The van der Waals surface area contributed by atoms with Crippen LogP contribution in [0, 0.1) is 23.2 Å². The van der Waals surface area contributed by atoms with Crippen LogP contribution in [0.1, 0.15) is 74.2 Å². The molecule has 5 rings (SSSR count). The molecule has 1 amide bonds. The van der Waals surface area contributed by atoms with Crippen molar-refractivity contribution in [2.24, 2.45) is 11.8 Å². The summed E-state index contributed by atoms with van der Waals surface area (Å²) in [4.78, 5) is 26.7. The van der Waals surface area contributed by atoms with Gasteiger partial charge in [-0.1, -0.05) is 19.1 Å². The Bertz CT molecular complexity index is 1110. The highest BCUT2D eigenvalue weighted by Crippen LogP contribution is 2.40. The molecule has 1 saturated carbocycles. The number of carbonyl (C=O) groups excluding carboxylic acids is 1.